The zero-order valence-corrected chi connectivity index (χ0v) is 10.3. The number of hydrogen-bond donors (Lipinski definition) is 1. The van der Waals surface area contributed by atoms with Crippen molar-refractivity contribution in [2.75, 3.05) is 12.0 Å². The first-order valence-corrected chi connectivity index (χ1v) is 5.57. The third-order valence-electron chi connectivity index (χ3n) is 2.43. The van der Waals surface area contributed by atoms with Crippen molar-refractivity contribution in [3.63, 3.8) is 0 Å². The SMILES string of the molecule is CCOc1cc(Nn2c(C)ccc2C)ncn1. The molecule has 0 spiro atoms. The Kier molecular flexibility index (Phi) is 3.27. The van der Waals surface area contributed by atoms with Crippen LogP contribution in [0.4, 0.5) is 5.82 Å². The van der Waals surface area contributed by atoms with Crippen molar-refractivity contribution in [3.8, 4) is 5.88 Å². The van der Waals surface area contributed by atoms with E-state index in [0.717, 1.165) is 11.4 Å². The lowest BCUT2D eigenvalue weighted by molar-refractivity contribution is 0.326. The normalized spacial score (nSPS) is 10.3. The Morgan fingerprint density at radius 2 is 1.94 bits per heavy atom. The first-order chi connectivity index (χ1) is 8.20. The molecule has 17 heavy (non-hydrogen) atoms. The van der Waals surface area contributed by atoms with Crippen molar-refractivity contribution in [3.05, 3.63) is 35.9 Å². The van der Waals surface area contributed by atoms with Gasteiger partial charge >= 0.3 is 0 Å². The monoisotopic (exact) mass is 232 g/mol. The summed E-state index contributed by atoms with van der Waals surface area (Å²) in [6.45, 7) is 6.59. The van der Waals surface area contributed by atoms with Gasteiger partial charge in [0.2, 0.25) is 5.88 Å². The second-order valence-electron chi connectivity index (χ2n) is 3.74. The maximum absolute atomic E-state index is 5.33. The highest BCUT2D eigenvalue weighted by molar-refractivity contribution is 5.38. The van der Waals surface area contributed by atoms with Crippen LogP contribution in [-0.2, 0) is 0 Å². The van der Waals surface area contributed by atoms with Crippen molar-refractivity contribution in [2.45, 2.75) is 20.8 Å². The van der Waals surface area contributed by atoms with Crippen LogP contribution >= 0.6 is 0 Å². The minimum absolute atomic E-state index is 0.576. The molecule has 0 aliphatic rings. The highest BCUT2D eigenvalue weighted by atomic mass is 16.5. The van der Waals surface area contributed by atoms with Gasteiger partial charge in [0.25, 0.3) is 0 Å². The van der Waals surface area contributed by atoms with Crippen LogP contribution in [0.3, 0.4) is 0 Å². The lowest BCUT2D eigenvalue weighted by atomic mass is 10.5. The average molecular weight is 232 g/mol. The third kappa shape index (κ3) is 2.55. The molecular formula is C12H16N4O. The van der Waals surface area contributed by atoms with Gasteiger partial charge in [-0.25, -0.2) is 9.97 Å². The summed E-state index contributed by atoms with van der Waals surface area (Å²) in [6.07, 6.45) is 1.49. The lowest BCUT2D eigenvalue weighted by Gasteiger charge is -2.12. The van der Waals surface area contributed by atoms with Crippen molar-refractivity contribution >= 4 is 5.82 Å². The van der Waals surface area contributed by atoms with E-state index >= 15 is 0 Å². The second-order valence-corrected chi connectivity index (χ2v) is 3.74. The van der Waals surface area contributed by atoms with Gasteiger partial charge in [0.1, 0.15) is 6.33 Å². The van der Waals surface area contributed by atoms with E-state index in [4.69, 9.17) is 4.74 Å². The quantitative estimate of drug-likeness (QED) is 0.877. The van der Waals surface area contributed by atoms with E-state index in [0.29, 0.717) is 18.3 Å². The van der Waals surface area contributed by atoms with E-state index in [1.54, 1.807) is 6.07 Å². The molecule has 0 saturated carbocycles. The standard InChI is InChI=1S/C12H16N4O/c1-4-17-12-7-11(13-8-14-12)15-16-9(2)5-6-10(16)3/h5-8H,4H2,1-3H3,(H,13,14,15). The van der Waals surface area contributed by atoms with Crippen LogP contribution in [0.1, 0.15) is 18.3 Å². The van der Waals surface area contributed by atoms with Crippen LogP contribution in [0.5, 0.6) is 5.88 Å². The fourth-order valence-corrected chi connectivity index (χ4v) is 1.59. The van der Waals surface area contributed by atoms with E-state index in [9.17, 15) is 0 Å². The minimum atomic E-state index is 0.576. The Morgan fingerprint density at radius 1 is 1.24 bits per heavy atom. The molecule has 0 amide bonds. The zero-order valence-electron chi connectivity index (χ0n) is 10.3. The smallest absolute Gasteiger partial charge is 0.218 e. The van der Waals surface area contributed by atoms with Gasteiger partial charge in [0.15, 0.2) is 5.82 Å². The summed E-state index contributed by atoms with van der Waals surface area (Å²) in [5, 5.41) is 0. The van der Waals surface area contributed by atoms with E-state index in [1.807, 2.05) is 37.6 Å². The summed E-state index contributed by atoms with van der Waals surface area (Å²) in [4.78, 5) is 8.18. The molecule has 2 aromatic rings. The Labute approximate surface area is 100 Å². The van der Waals surface area contributed by atoms with Gasteiger partial charge in [-0.1, -0.05) is 0 Å². The molecule has 0 fully saturated rings. The molecule has 0 aliphatic heterocycles. The van der Waals surface area contributed by atoms with Crippen molar-refractivity contribution in [1.29, 1.82) is 0 Å². The van der Waals surface area contributed by atoms with Crippen molar-refractivity contribution in [2.24, 2.45) is 0 Å². The van der Waals surface area contributed by atoms with Crippen molar-refractivity contribution in [1.82, 2.24) is 14.6 Å². The van der Waals surface area contributed by atoms with Crippen LogP contribution < -0.4 is 10.2 Å². The maximum atomic E-state index is 5.33. The molecule has 5 heteroatoms. The first-order valence-electron chi connectivity index (χ1n) is 5.57. The highest BCUT2D eigenvalue weighted by Gasteiger charge is 2.03. The molecule has 0 atom stereocenters. The van der Waals surface area contributed by atoms with Gasteiger partial charge < -0.3 is 4.74 Å². The number of nitrogens with zero attached hydrogens (tertiary/aromatic N) is 3. The highest BCUT2D eigenvalue weighted by Crippen LogP contribution is 2.13. The van der Waals surface area contributed by atoms with Crippen LogP contribution in [0, 0.1) is 13.8 Å². The molecule has 1 N–H and O–H groups in total. The van der Waals surface area contributed by atoms with E-state index in [2.05, 4.69) is 15.4 Å². The van der Waals surface area contributed by atoms with Gasteiger partial charge in [-0.3, -0.25) is 10.1 Å². The first kappa shape index (κ1) is 11.4. The topological polar surface area (TPSA) is 52.0 Å². The predicted molar refractivity (Wildman–Crippen MR) is 66.1 cm³/mol. The van der Waals surface area contributed by atoms with Gasteiger partial charge in [0.05, 0.1) is 6.61 Å². The summed E-state index contributed by atoms with van der Waals surface area (Å²) in [6, 6.07) is 5.88. The summed E-state index contributed by atoms with van der Waals surface area (Å²) < 4.78 is 7.30. The molecule has 0 bridgehead atoms. The molecule has 0 unspecified atom stereocenters. The number of anilines is 1. The predicted octanol–water partition coefficient (Wildman–Crippen LogP) is 2.17. The number of nitrogens with one attached hydrogen (secondary N) is 1. The van der Waals surface area contributed by atoms with Gasteiger partial charge in [-0.15, -0.1) is 0 Å². The molecule has 5 nitrogen and oxygen atoms in total. The van der Waals surface area contributed by atoms with Gasteiger partial charge in [-0.2, -0.15) is 0 Å². The Morgan fingerprint density at radius 3 is 2.59 bits per heavy atom. The fourth-order valence-electron chi connectivity index (χ4n) is 1.59. The van der Waals surface area contributed by atoms with Crippen LogP contribution in [0.2, 0.25) is 0 Å². The summed E-state index contributed by atoms with van der Waals surface area (Å²) in [5.74, 6) is 1.29. The minimum Gasteiger partial charge on any atom is -0.478 e. The van der Waals surface area contributed by atoms with E-state index in [1.165, 1.54) is 6.33 Å². The van der Waals surface area contributed by atoms with Gasteiger partial charge in [-0.05, 0) is 32.9 Å². The van der Waals surface area contributed by atoms with E-state index in [-0.39, 0.29) is 0 Å². The van der Waals surface area contributed by atoms with Crippen LogP contribution in [0.15, 0.2) is 24.5 Å². The Balaban J connectivity index is 2.21. The molecule has 0 radical (unpaired) electrons. The molecule has 2 heterocycles. The maximum Gasteiger partial charge on any atom is 0.218 e. The van der Waals surface area contributed by atoms with Crippen LogP contribution in [0.25, 0.3) is 0 Å². The molecule has 0 aromatic carbocycles. The molecular weight excluding hydrogens is 216 g/mol. The molecule has 0 saturated heterocycles. The fraction of sp³-hybridized carbons (Fsp3) is 0.333. The summed E-state index contributed by atoms with van der Waals surface area (Å²) in [5.41, 5.74) is 5.45. The average Bonchev–Trinajstić information content (AvgIpc) is 2.62. The number of aromatic nitrogens is 3. The summed E-state index contributed by atoms with van der Waals surface area (Å²) >= 11 is 0. The Hall–Kier alpha value is -2.04. The number of hydrogen-bond acceptors (Lipinski definition) is 4. The largest absolute Gasteiger partial charge is 0.478 e. The van der Waals surface area contributed by atoms with Gasteiger partial charge in [0, 0.05) is 17.5 Å². The lowest BCUT2D eigenvalue weighted by Crippen LogP contribution is -2.13. The molecule has 90 valence electrons. The Bertz CT molecular complexity index is 487. The summed E-state index contributed by atoms with van der Waals surface area (Å²) in [7, 11) is 0. The number of rotatable bonds is 4. The number of aryl methyl sites for hydroxylation is 2. The second kappa shape index (κ2) is 4.86. The van der Waals surface area contributed by atoms with Crippen molar-refractivity contribution < 1.29 is 4.74 Å². The number of ether oxygens (including phenoxy) is 1. The molecule has 2 aromatic heterocycles. The van der Waals surface area contributed by atoms with Crippen LogP contribution in [-0.4, -0.2) is 21.3 Å². The van der Waals surface area contributed by atoms with E-state index < -0.39 is 0 Å². The molecule has 2 rings (SSSR count). The molecule has 0 aliphatic carbocycles. The third-order valence-corrected chi connectivity index (χ3v) is 2.43. The zero-order chi connectivity index (χ0) is 12.3.